The van der Waals surface area contributed by atoms with Gasteiger partial charge in [0.2, 0.25) is 0 Å². The second-order valence-corrected chi connectivity index (χ2v) is 4.47. The van der Waals surface area contributed by atoms with E-state index < -0.39 is 0 Å². The van der Waals surface area contributed by atoms with Crippen molar-refractivity contribution in [3.05, 3.63) is 17.2 Å². The number of aromatic nitrogens is 2. The van der Waals surface area contributed by atoms with Crippen LogP contribution < -0.4 is 5.32 Å². The zero-order valence-electron chi connectivity index (χ0n) is 9.05. The van der Waals surface area contributed by atoms with Gasteiger partial charge in [-0.25, -0.2) is 4.98 Å². The summed E-state index contributed by atoms with van der Waals surface area (Å²) < 4.78 is 5.68. The highest BCUT2D eigenvalue weighted by atomic mass is 16.5. The Labute approximate surface area is 89.4 Å². The zero-order valence-corrected chi connectivity index (χ0v) is 9.05. The highest BCUT2D eigenvalue weighted by molar-refractivity contribution is 5.22. The number of nitrogens with zero attached hydrogens (tertiary/aromatic N) is 1. The van der Waals surface area contributed by atoms with E-state index in [1.165, 1.54) is 24.2 Å². The number of aromatic amines is 1. The Bertz CT molecular complexity index is 351. The number of rotatable bonds is 2. The summed E-state index contributed by atoms with van der Waals surface area (Å²) in [7, 11) is 0. The Morgan fingerprint density at radius 1 is 1.40 bits per heavy atom. The number of aryl methyl sites for hydroxylation is 1. The van der Waals surface area contributed by atoms with E-state index in [1.807, 2.05) is 0 Å². The molecule has 0 aromatic carbocycles. The van der Waals surface area contributed by atoms with Crippen LogP contribution in [0.2, 0.25) is 0 Å². The minimum atomic E-state index is 0.116. The fourth-order valence-corrected chi connectivity index (χ4v) is 2.15. The molecule has 0 spiro atoms. The first-order chi connectivity index (χ1) is 7.34. The Hall–Kier alpha value is -0.870. The largest absolute Gasteiger partial charge is 0.368 e. The number of nitrogens with one attached hydrogen (secondary N) is 2. The molecule has 1 aromatic heterocycles. The van der Waals surface area contributed by atoms with Crippen LogP contribution in [0.1, 0.15) is 42.1 Å². The quantitative estimate of drug-likeness (QED) is 0.767. The van der Waals surface area contributed by atoms with Gasteiger partial charge in [0.15, 0.2) is 0 Å². The van der Waals surface area contributed by atoms with Gasteiger partial charge in [0.05, 0.1) is 12.3 Å². The molecule has 1 aliphatic carbocycles. The van der Waals surface area contributed by atoms with Crippen LogP contribution in [0, 0.1) is 6.92 Å². The molecule has 0 radical (unpaired) electrons. The topological polar surface area (TPSA) is 49.9 Å². The van der Waals surface area contributed by atoms with Crippen LogP contribution >= 0.6 is 0 Å². The minimum absolute atomic E-state index is 0.116. The lowest BCUT2D eigenvalue weighted by molar-refractivity contribution is 0.0225. The van der Waals surface area contributed by atoms with Crippen molar-refractivity contribution in [2.45, 2.75) is 31.8 Å². The number of ether oxygens (including phenoxy) is 1. The van der Waals surface area contributed by atoms with E-state index >= 15 is 0 Å². The highest BCUT2D eigenvalue weighted by Gasteiger charge is 2.29. The molecule has 2 aliphatic rings. The molecule has 82 valence electrons. The molecule has 1 saturated heterocycles. The molecule has 2 heterocycles. The van der Waals surface area contributed by atoms with Crippen molar-refractivity contribution >= 4 is 0 Å². The van der Waals surface area contributed by atoms with Crippen molar-refractivity contribution < 1.29 is 4.74 Å². The third-order valence-corrected chi connectivity index (χ3v) is 3.14. The predicted octanol–water partition coefficient (Wildman–Crippen LogP) is 1.26. The standard InChI is InChI=1S/C11H17N3O/c1-7-10(8-2-3-8)14-11(13-7)9-6-12-4-5-15-9/h8-9,12H,2-6H2,1H3,(H,13,14). The molecule has 1 aromatic rings. The highest BCUT2D eigenvalue weighted by Crippen LogP contribution is 2.40. The van der Waals surface area contributed by atoms with Gasteiger partial charge in [0, 0.05) is 24.7 Å². The first kappa shape index (κ1) is 9.36. The molecule has 4 nitrogen and oxygen atoms in total. The second-order valence-electron chi connectivity index (χ2n) is 4.47. The summed E-state index contributed by atoms with van der Waals surface area (Å²) >= 11 is 0. The maximum absolute atomic E-state index is 5.68. The smallest absolute Gasteiger partial charge is 0.137 e. The molecule has 1 saturated carbocycles. The molecule has 1 unspecified atom stereocenters. The summed E-state index contributed by atoms with van der Waals surface area (Å²) in [5, 5.41) is 3.32. The van der Waals surface area contributed by atoms with E-state index in [2.05, 4.69) is 22.2 Å². The lowest BCUT2D eigenvalue weighted by Crippen LogP contribution is -2.33. The summed E-state index contributed by atoms with van der Waals surface area (Å²) in [5.41, 5.74) is 2.49. The summed E-state index contributed by atoms with van der Waals surface area (Å²) in [5.74, 6) is 1.72. The van der Waals surface area contributed by atoms with Gasteiger partial charge in [0.25, 0.3) is 0 Å². The van der Waals surface area contributed by atoms with Crippen LogP contribution in [0.15, 0.2) is 0 Å². The number of hydrogen-bond acceptors (Lipinski definition) is 3. The minimum Gasteiger partial charge on any atom is -0.368 e. The molecule has 4 heteroatoms. The van der Waals surface area contributed by atoms with Crippen LogP contribution in [-0.2, 0) is 4.74 Å². The van der Waals surface area contributed by atoms with Crippen LogP contribution in [0.3, 0.4) is 0 Å². The monoisotopic (exact) mass is 207 g/mol. The lowest BCUT2D eigenvalue weighted by atomic mass is 10.2. The Morgan fingerprint density at radius 2 is 2.27 bits per heavy atom. The SMILES string of the molecule is Cc1[nH]c(C2CNCCO2)nc1C1CC1. The van der Waals surface area contributed by atoms with E-state index in [0.29, 0.717) is 5.92 Å². The first-order valence-corrected chi connectivity index (χ1v) is 5.73. The van der Waals surface area contributed by atoms with Gasteiger partial charge in [-0.1, -0.05) is 0 Å². The predicted molar refractivity (Wildman–Crippen MR) is 56.9 cm³/mol. The van der Waals surface area contributed by atoms with Crippen molar-refractivity contribution in [1.29, 1.82) is 0 Å². The van der Waals surface area contributed by atoms with E-state index in [4.69, 9.17) is 4.74 Å². The molecule has 2 fully saturated rings. The molecular formula is C11H17N3O. The van der Waals surface area contributed by atoms with Crippen molar-refractivity contribution in [2.24, 2.45) is 0 Å². The van der Waals surface area contributed by atoms with Gasteiger partial charge < -0.3 is 15.0 Å². The summed E-state index contributed by atoms with van der Waals surface area (Å²) in [6.07, 6.45) is 2.72. The third kappa shape index (κ3) is 1.79. The summed E-state index contributed by atoms with van der Waals surface area (Å²) in [6, 6.07) is 0. The maximum atomic E-state index is 5.68. The van der Waals surface area contributed by atoms with Crippen molar-refractivity contribution in [2.75, 3.05) is 19.7 Å². The summed E-state index contributed by atoms with van der Waals surface area (Å²) in [6.45, 7) is 4.71. The third-order valence-electron chi connectivity index (χ3n) is 3.14. The molecule has 0 amide bonds. The molecule has 1 atom stereocenters. The molecule has 15 heavy (non-hydrogen) atoms. The second kappa shape index (κ2) is 3.61. The van der Waals surface area contributed by atoms with E-state index in [-0.39, 0.29) is 6.10 Å². The van der Waals surface area contributed by atoms with E-state index in [9.17, 15) is 0 Å². The number of morpholine rings is 1. The number of hydrogen-bond donors (Lipinski definition) is 2. The molecule has 0 bridgehead atoms. The molecule has 2 N–H and O–H groups in total. The van der Waals surface area contributed by atoms with Crippen LogP contribution in [0.5, 0.6) is 0 Å². The van der Waals surface area contributed by atoms with Gasteiger partial charge in [-0.15, -0.1) is 0 Å². The zero-order chi connectivity index (χ0) is 10.3. The van der Waals surface area contributed by atoms with Crippen molar-refractivity contribution in [1.82, 2.24) is 15.3 Å². The van der Waals surface area contributed by atoms with Gasteiger partial charge in [-0.3, -0.25) is 0 Å². The average molecular weight is 207 g/mol. The van der Waals surface area contributed by atoms with Crippen molar-refractivity contribution in [3.8, 4) is 0 Å². The van der Waals surface area contributed by atoms with Crippen LogP contribution in [-0.4, -0.2) is 29.7 Å². The molecule has 3 rings (SSSR count). The lowest BCUT2D eigenvalue weighted by Gasteiger charge is -2.21. The first-order valence-electron chi connectivity index (χ1n) is 5.73. The van der Waals surface area contributed by atoms with Crippen LogP contribution in [0.25, 0.3) is 0 Å². The Morgan fingerprint density at radius 3 is 2.93 bits per heavy atom. The van der Waals surface area contributed by atoms with Gasteiger partial charge in [-0.05, 0) is 19.8 Å². The fraction of sp³-hybridized carbons (Fsp3) is 0.727. The van der Waals surface area contributed by atoms with Gasteiger partial charge >= 0.3 is 0 Å². The fourth-order valence-electron chi connectivity index (χ4n) is 2.15. The van der Waals surface area contributed by atoms with E-state index in [1.54, 1.807) is 0 Å². The number of imidazole rings is 1. The van der Waals surface area contributed by atoms with Gasteiger partial charge in [0.1, 0.15) is 11.9 Å². The number of H-pyrrole nitrogens is 1. The Balaban J connectivity index is 1.81. The Kier molecular flexibility index (Phi) is 2.25. The van der Waals surface area contributed by atoms with E-state index in [0.717, 1.165) is 25.5 Å². The normalized spacial score (nSPS) is 26.9. The maximum Gasteiger partial charge on any atom is 0.137 e. The average Bonchev–Trinajstić information content (AvgIpc) is 3.04. The van der Waals surface area contributed by atoms with Crippen LogP contribution in [0.4, 0.5) is 0 Å². The molecular weight excluding hydrogens is 190 g/mol. The van der Waals surface area contributed by atoms with Crippen molar-refractivity contribution in [3.63, 3.8) is 0 Å². The molecule has 1 aliphatic heterocycles. The summed E-state index contributed by atoms with van der Waals surface area (Å²) in [4.78, 5) is 8.03. The van der Waals surface area contributed by atoms with Gasteiger partial charge in [-0.2, -0.15) is 0 Å².